The Morgan fingerprint density at radius 3 is 2.63 bits per heavy atom. The summed E-state index contributed by atoms with van der Waals surface area (Å²) in [5, 5.41) is 17.3. The van der Waals surface area contributed by atoms with Crippen LogP contribution >= 0.6 is 11.6 Å². The smallest absolute Gasteiger partial charge is 0.412 e. The molecule has 1 heterocycles. The number of ether oxygens (including phenoxy) is 1. The summed E-state index contributed by atoms with van der Waals surface area (Å²) in [5.74, 6) is -0.252. The summed E-state index contributed by atoms with van der Waals surface area (Å²) >= 11 is 5.95. The molecule has 0 radical (unpaired) electrons. The molecule has 3 rings (SSSR count). The number of hydrogen-bond donors (Lipinski definition) is 3. The van der Waals surface area contributed by atoms with Gasteiger partial charge in [0.2, 0.25) is 0 Å². The molecule has 0 unspecified atom stereocenters. The number of urea groups is 1. The molecule has 8 nitrogen and oxygen atoms in total. The molecule has 0 aliphatic carbocycles. The summed E-state index contributed by atoms with van der Waals surface area (Å²) in [6, 6.07) is 12.5. The fourth-order valence-corrected chi connectivity index (χ4v) is 3.69. The predicted octanol–water partition coefficient (Wildman–Crippen LogP) is 4.95. The zero-order chi connectivity index (χ0) is 25.6. The molecular weight excluding hydrogens is 475 g/mol. The van der Waals surface area contributed by atoms with Crippen LogP contribution in [0.2, 0.25) is 5.02 Å². The van der Waals surface area contributed by atoms with Gasteiger partial charge in [-0.1, -0.05) is 48.0 Å². The zero-order valence-corrected chi connectivity index (χ0v) is 20.5. The van der Waals surface area contributed by atoms with E-state index >= 15 is 0 Å². The van der Waals surface area contributed by atoms with Gasteiger partial charge in [0.05, 0.1) is 16.7 Å². The number of anilines is 1. The number of likely N-dealkylation sites (N-methyl/N-ethyl adjacent to an activating group) is 1. The minimum absolute atomic E-state index is 0.00395. The number of halogens is 2. The fraction of sp³-hybridized carbons (Fsp3) is 0.320. The lowest BCUT2D eigenvalue weighted by molar-refractivity contribution is 0.0277. The quantitative estimate of drug-likeness (QED) is 0.404. The van der Waals surface area contributed by atoms with Crippen LogP contribution in [0.25, 0.3) is 10.8 Å². The SMILES string of the molecule is CN(C(=O)NCc1cccc(F)c1Cl)[C@H](COC(=O)Nc1cc2ccccc2cn1)CC(C)(C)O. The maximum atomic E-state index is 13.6. The van der Waals surface area contributed by atoms with Gasteiger partial charge in [0.15, 0.2) is 0 Å². The Labute approximate surface area is 208 Å². The van der Waals surface area contributed by atoms with Crippen molar-refractivity contribution in [3.05, 3.63) is 71.1 Å². The van der Waals surface area contributed by atoms with Crippen molar-refractivity contribution in [2.75, 3.05) is 19.0 Å². The van der Waals surface area contributed by atoms with E-state index in [1.807, 2.05) is 24.3 Å². The zero-order valence-electron chi connectivity index (χ0n) is 19.7. The Kier molecular flexibility index (Phi) is 8.48. The number of nitrogens with one attached hydrogen (secondary N) is 2. The first-order valence-electron chi connectivity index (χ1n) is 11.0. The summed E-state index contributed by atoms with van der Waals surface area (Å²) < 4.78 is 19.0. The Morgan fingerprint density at radius 2 is 1.91 bits per heavy atom. The Balaban J connectivity index is 1.60. The number of aromatic nitrogens is 1. The minimum atomic E-state index is -1.13. The summed E-state index contributed by atoms with van der Waals surface area (Å²) in [6.45, 7) is 3.02. The molecule has 0 aliphatic heterocycles. The molecule has 3 N–H and O–H groups in total. The number of pyridine rings is 1. The molecule has 1 aromatic heterocycles. The van der Waals surface area contributed by atoms with Crippen molar-refractivity contribution >= 4 is 40.3 Å². The number of hydrogen-bond acceptors (Lipinski definition) is 5. The van der Waals surface area contributed by atoms with Crippen LogP contribution in [0.15, 0.2) is 54.7 Å². The first-order chi connectivity index (χ1) is 16.5. The second-order valence-corrected chi connectivity index (χ2v) is 9.17. The number of carbonyl (C=O) groups excluding carboxylic acids is 2. The highest BCUT2D eigenvalue weighted by molar-refractivity contribution is 6.31. The van der Waals surface area contributed by atoms with Crippen molar-refractivity contribution in [1.29, 1.82) is 0 Å². The molecule has 0 aliphatic rings. The van der Waals surface area contributed by atoms with Gasteiger partial charge in [0.1, 0.15) is 18.2 Å². The van der Waals surface area contributed by atoms with Crippen LogP contribution in [0.1, 0.15) is 25.8 Å². The van der Waals surface area contributed by atoms with Gasteiger partial charge in [-0.25, -0.2) is 19.0 Å². The third kappa shape index (κ3) is 7.53. The minimum Gasteiger partial charge on any atom is -0.447 e. The highest BCUT2D eigenvalue weighted by Gasteiger charge is 2.28. The average Bonchev–Trinajstić information content (AvgIpc) is 2.81. The van der Waals surface area contributed by atoms with Crippen molar-refractivity contribution in [3.8, 4) is 0 Å². The molecule has 0 saturated carbocycles. The summed E-state index contributed by atoms with van der Waals surface area (Å²) in [5.41, 5.74) is -0.712. The maximum absolute atomic E-state index is 13.6. The standard InChI is InChI=1S/C25H28ClFN4O4/c1-25(2,34)12-19(31(3)23(32)29-14-18-9-6-10-20(27)22(18)26)15-35-24(33)30-21-11-16-7-4-5-8-17(16)13-28-21/h4-11,13,19,34H,12,14-15H2,1-3H3,(H,29,32)(H,28,30,33)/t19-/m0/s1. The molecule has 1 atom stereocenters. The van der Waals surface area contributed by atoms with E-state index < -0.39 is 29.6 Å². The molecule has 35 heavy (non-hydrogen) atoms. The van der Waals surface area contributed by atoms with Gasteiger partial charge < -0.3 is 20.1 Å². The molecule has 0 fully saturated rings. The largest absolute Gasteiger partial charge is 0.447 e. The molecular formula is C25H28ClFN4O4. The van der Waals surface area contributed by atoms with Crippen molar-refractivity contribution in [1.82, 2.24) is 15.2 Å². The van der Waals surface area contributed by atoms with Crippen molar-refractivity contribution < 1.29 is 23.8 Å². The Morgan fingerprint density at radius 1 is 1.20 bits per heavy atom. The van der Waals surface area contributed by atoms with Gasteiger partial charge >= 0.3 is 12.1 Å². The van der Waals surface area contributed by atoms with Crippen LogP contribution in [-0.4, -0.2) is 52.4 Å². The highest BCUT2D eigenvalue weighted by Crippen LogP contribution is 2.20. The second-order valence-electron chi connectivity index (χ2n) is 8.79. The maximum Gasteiger partial charge on any atom is 0.412 e. The van der Waals surface area contributed by atoms with Crippen LogP contribution in [0, 0.1) is 5.82 Å². The number of benzene rings is 2. The molecule has 0 saturated heterocycles. The number of amides is 3. The highest BCUT2D eigenvalue weighted by atomic mass is 35.5. The average molecular weight is 503 g/mol. The van der Waals surface area contributed by atoms with E-state index in [1.54, 1.807) is 32.2 Å². The van der Waals surface area contributed by atoms with Gasteiger partial charge in [-0.15, -0.1) is 0 Å². The molecule has 3 amide bonds. The van der Waals surface area contributed by atoms with Crippen LogP contribution in [0.5, 0.6) is 0 Å². The van der Waals surface area contributed by atoms with Gasteiger partial charge in [-0.2, -0.15) is 0 Å². The Hall–Kier alpha value is -3.43. The van der Waals surface area contributed by atoms with E-state index in [0.717, 1.165) is 10.8 Å². The monoisotopic (exact) mass is 502 g/mol. The van der Waals surface area contributed by atoms with Crippen LogP contribution in [-0.2, 0) is 11.3 Å². The van der Waals surface area contributed by atoms with Gasteiger partial charge in [-0.3, -0.25) is 5.32 Å². The molecule has 186 valence electrons. The lowest BCUT2D eigenvalue weighted by Crippen LogP contribution is -2.48. The molecule has 10 heteroatoms. The number of carbonyl (C=O) groups is 2. The van der Waals surface area contributed by atoms with E-state index in [4.69, 9.17) is 16.3 Å². The third-order valence-corrected chi connectivity index (χ3v) is 5.76. The van der Waals surface area contributed by atoms with E-state index in [1.165, 1.54) is 24.1 Å². The van der Waals surface area contributed by atoms with Crippen molar-refractivity contribution in [2.45, 2.75) is 38.5 Å². The number of aliphatic hydroxyl groups is 1. The lowest BCUT2D eigenvalue weighted by Gasteiger charge is -2.32. The molecule has 2 aromatic carbocycles. The number of rotatable bonds is 8. The van der Waals surface area contributed by atoms with Crippen LogP contribution in [0.4, 0.5) is 19.8 Å². The van der Waals surface area contributed by atoms with E-state index in [9.17, 15) is 19.1 Å². The van der Waals surface area contributed by atoms with Crippen molar-refractivity contribution in [3.63, 3.8) is 0 Å². The molecule has 3 aromatic rings. The predicted molar refractivity (Wildman–Crippen MR) is 133 cm³/mol. The van der Waals surface area contributed by atoms with Crippen LogP contribution < -0.4 is 10.6 Å². The summed E-state index contributed by atoms with van der Waals surface area (Å²) in [4.78, 5) is 30.6. The fourth-order valence-electron chi connectivity index (χ4n) is 3.50. The summed E-state index contributed by atoms with van der Waals surface area (Å²) in [6.07, 6.45) is 1.04. The first kappa shape index (κ1) is 26.2. The van der Waals surface area contributed by atoms with Gasteiger partial charge in [0.25, 0.3) is 0 Å². The first-order valence-corrected chi connectivity index (χ1v) is 11.4. The van der Waals surface area contributed by atoms with Crippen LogP contribution in [0.3, 0.4) is 0 Å². The lowest BCUT2D eigenvalue weighted by atomic mass is 9.99. The third-order valence-electron chi connectivity index (χ3n) is 5.33. The Bertz CT molecular complexity index is 1200. The van der Waals surface area contributed by atoms with E-state index in [-0.39, 0.29) is 24.6 Å². The number of nitrogens with zero attached hydrogens (tertiary/aromatic N) is 2. The molecule has 0 spiro atoms. The van der Waals surface area contributed by atoms with Gasteiger partial charge in [0, 0.05) is 25.2 Å². The molecule has 0 bridgehead atoms. The van der Waals surface area contributed by atoms with Crippen molar-refractivity contribution in [2.24, 2.45) is 0 Å². The summed E-state index contributed by atoms with van der Waals surface area (Å²) in [7, 11) is 1.52. The second kappa shape index (κ2) is 11.3. The topological polar surface area (TPSA) is 104 Å². The van der Waals surface area contributed by atoms with Gasteiger partial charge in [-0.05, 0) is 43.4 Å². The van der Waals surface area contributed by atoms with E-state index in [2.05, 4.69) is 15.6 Å². The number of fused-ring (bicyclic) bond motifs is 1. The van der Waals surface area contributed by atoms with E-state index in [0.29, 0.717) is 11.4 Å². The normalized spacial score (nSPS) is 12.2.